The molecule has 1 aliphatic heterocycles. The number of nitrogen functional groups attached to an aromatic ring is 1. The second-order valence-electron chi connectivity index (χ2n) is 16.6. The van der Waals surface area contributed by atoms with Crippen LogP contribution in [0.15, 0.2) is 106 Å². The van der Waals surface area contributed by atoms with Gasteiger partial charge in [-0.25, -0.2) is 4.98 Å². The Labute approximate surface area is 378 Å². The van der Waals surface area contributed by atoms with Crippen molar-refractivity contribution in [2.24, 2.45) is 5.92 Å². The fraction of sp³-hybridized carbons (Fsp3) is 0.319. The summed E-state index contributed by atoms with van der Waals surface area (Å²) in [4.78, 5) is 47.7. The Kier molecular flexibility index (Phi) is 12.9. The molecule has 5 N–H and O–H groups in total. The summed E-state index contributed by atoms with van der Waals surface area (Å²) >= 11 is 1.57. The molecule has 1 saturated heterocycles. The number of phenols is 1. The number of amides is 2. The highest BCUT2D eigenvalue weighted by Gasteiger charge is 2.43. The van der Waals surface area contributed by atoms with Crippen molar-refractivity contribution in [2.45, 2.75) is 77.7 Å². The van der Waals surface area contributed by atoms with E-state index in [0.717, 1.165) is 27.3 Å². The number of carbonyl (C=O) groups is 2. The average molecular weight is 899 g/mol. The molecule has 1 aliphatic rings. The molecular formula is C47H50N10O7S. The maximum atomic E-state index is 14.2. The fourth-order valence-corrected chi connectivity index (χ4v) is 8.93. The normalized spacial score (nSPS) is 16.4. The number of para-hydroxylation sites is 1. The molecule has 65 heavy (non-hydrogen) atoms. The van der Waals surface area contributed by atoms with Crippen molar-refractivity contribution in [3.63, 3.8) is 0 Å². The van der Waals surface area contributed by atoms with Gasteiger partial charge in [-0.05, 0) is 72.8 Å². The number of β-amino-alcohol motifs (C(OH)–C–C–N with tert-alkyl or cyclic N) is 1. The maximum Gasteiger partial charge on any atom is 0.254 e. The minimum atomic E-state index is -0.882. The number of nitrogens with zero attached hydrogens (tertiary/aromatic N) is 8. The van der Waals surface area contributed by atoms with E-state index in [2.05, 4.69) is 30.8 Å². The van der Waals surface area contributed by atoms with Crippen molar-refractivity contribution in [3.05, 3.63) is 130 Å². The summed E-state index contributed by atoms with van der Waals surface area (Å²) in [6.45, 7) is 9.80. The van der Waals surface area contributed by atoms with Gasteiger partial charge in [0.1, 0.15) is 24.3 Å². The van der Waals surface area contributed by atoms with E-state index in [1.165, 1.54) is 15.5 Å². The third-order valence-corrected chi connectivity index (χ3v) is 12.7. The van der Waals surface area contributed by atoms with Gasteiger partial charge >= 0.3 is 0 Å². The molecule has 1 unspecified atom stereocenters. The number of hydrogen-bond donors (Lipinski definition) is 4. The SMILES string of the molecule is Cc1ncsc1-c1ccc([C@H](C)NC(=O)[C@@H]2C[C@@H](O)CN2C(=O)[C@H](c2cc(OCCn3cc(C(C)n4cc(-c5cc(-c6ccccc6O)nnc5N)cn4)ccc3=O)no2)C(C)C)cc1. The van der Waals surface area contributed by atoms with Crippen LogP contribution in [-0.4, -0.2) is 86.9 Å². The number of rotatable bonds is 15. The standard InChI is InChI=1S/C47H50N10O7S/c1-26(2)43(47(62)56-24-34(58)18-38(56)46(61)51-27(3)30-10-12-31(13-11-30)44-28(4)49-25-65-44)40-20-41(54-64-40)63-17-16-55-22-32(14-15-42(55)60)29(5)57-23-33(21-50-57)36-19-37(52-53-45(36)48)35-8-6-7-9-39(35)59/h6-15,19-23,25-27,29,34,38,43,58-59H,16-18,24H2,1-5H3,(H2,48,53)(H,51,61)/t27-,29?,34+,38-,43-/m0/s1. The number of phenolic OH excluding ortho intramolecular Hbond substituents is 1. The van der Waals surface area contributed by atoms with Gasteiger partial charge in [0.2, 0.25) is 11.8 Å². The molecule has 8 rings (SSSR count). The predicted octanol–water partition coefficient (Wildman–Crippen LogP) is 6.14. The van der Waals surface area contributed by atoms with Crippen LogP contribution in [0.1, 0.15) is 74.7 Å². The highest BCUT2D eigenvalue weighted by atomic mass is 32.1. The van der Waals surface area contributed by atoms with E-state index < -0.39 is 18.1 Å². The molecule has 5 atom stereocenters. The Balaban J connectivity index is 0.891. The number of benzene rings is 2. The number of aromatic nitrogens is 7. The van der Waals surface area contributed by atoms with Gasteiger partial charge in [0.15, 0.2) is 11.6 Å². The summed E-state index contributed by atoms with van der Waals surface area (Å²) in [6.07, 6.45) is 4.48. The van der Waals surface area contributed by atoms with Gasteiger partial charge in [-0.15, -0.1) is 21.5 Å². The number of aromatic hydroxyl groups is 1. The van der Waals surface area contributed by atoms with Crippen molar-refractivity contribution in [2.75, 3.05) is 18.9 Å². The first-order valence-electron chi connectivity index (χ1n) is 21.3. The average Bonchev–Trinajstić information content (AvgIpc) is 4.13. The zero-order chi connectivity index (χ0) is 45.9. The summed E-state index contributed by atoms with van der Waals surface area (Å²) in [6, 6.07) is 19.8. The predicted molar refractivity (Wildman–Crippen MR) is 244 cm³/mol. The largest absolute Gasteiger partial charge is 0.507 e. The monoisotopic (exact) mass is 898 g/mol. The van der Waals surface area contributed by atoms with Gasteiger partial charge in [0.05, 0.1) is 52.7 Å². The molecule has 1 fully saturated rings. The van der Waals surface area contributed by atoms with Crippen molar-refractivity contribution < 1.29 is 29.1 Å². The van der Waals surface area contributed by atoms with E-state index in [1.807, 2.05) is 70.6 Å². The van der Waals surface area contributed by atoms with Crippen LogP contribution in [-0.2, 0) is 16.1 Å². The van der Waals surface area contributed by atoms with Crippen LogP contribution < -0.4 is 21.3 Å². The first-order valence-corrected chi connectivity index (χ1v) is 22.2. The molecular weight excluding hydrogens is 849 g/mol. The minimum Gasteiger partial charge on any atom is -0.507 e. The van der Waals surface area contributed by atoms with Crippen LogP contribution in [0.3, 0.4) is 0 Å². The highest BCUT2D eigenvalue weighted by Crippen LogP contribution is 2.35. The van der Waals surface area contributed by atoms with Crippen molar-refractivity contribution in [3.8, 4) is 44.5 Å². The van der Waals surface area contributed by atoms with E-state index in [-0.39, 0.29) is 84.7 Å². The molecule has 0 radical (unpaired) electrons. The smallest absolute Gasteiger partial charge is 0.254 e. The molecule has 6 heterocycles. The summed E-state index contributed by atoms with van der Waals surface area (Å²) < 4.78 is 14.9. The van der Waals surface area contributed by atoms with Crippen LogP contribution in [0.4, 0.5) is 5.82 Å². The lowest BCUT2D eigenvalue weighted by Crippen LogP contribution is -2.48. The number of likely N-dealkylation sites (tertiary alicyclic amines) is 1. The number of thiazole rings is 1. The second-order valence-corrected chi connectivity index (χ2v) is 17.4. The molecule has 0 saturated carbocycles. The topological polar surface area (TPSA) is 230 Å². The maximum absolute atomic E-state index is 14.2. The summed E-state index contributed by atoms with van der Waals surface area (Å²) in [5.41, 5.74) is 13.8. The Hall–Kier alpha value is -7.18. The highest BCUT2D eigenvalue weighted by molar-refractivity contribution is 7.13. The van der Waals surface area contributed by atoms with Gasteiger partial charge < -0.3 is 40.0 Å². The summed E-state index contributed by atoms with van der Waals surface area (Å²) in [5, 5.41) is 41.0. The first kappa shape index (κ1) is 44.4. The van der Waals surface area contributed by atoms with E-state index in [1.54, 1.807) is 70.9 Å². The Morgan fingerprint density at radius 3 is 2.49 bits per heavy atom. The van der Waals surface area contributed by atoms with Gasteiger partial charge in [-0.3, -0.25) is 19.1 Å². The van der Waals surface area contributed by atoms with Crippen LogP contribution >= 0.6 is 11.3 Å². The van der Waals surface area contributed by atoms with E-state index >= 15 is 0 Å². The third kappa shape index (κ3) is 9.54. The minimum absolute atomic E-state index is 0.00146. The van der Waals surface area contributed by atoms with E-state index in [0.29, 0.717) is 22.4 Å². The van der Waals surface area contributed by atoms with Crippen molar-refractivity contribution >= 4 is 29.0 Å². The molecule has 18 heteroatoms. The van der Waals surface area contributed by atoms with Gasteiger partial charge in [0, 0.05) is 54.2 Å². The number of aliphatic hydroxyl groups is 1. The third-order valence-electron chi connectivity index (χ3n) is 11.8. The van der Waals surface area contributed by atoms with Crippen LogP contribution in [0, 0.1) is 12.8 Å². The second kappa shape index (κ2) is 18.9. The lowest BCUT2D eigenvalue weighted by atomic mass is 9.91. The van der Waals surface area contributed by atoms with E-state index in [4.69, 9.17) is 15.0 Å². The fourth-order valence-electron chi connectivity index (χ4n) is 8.12. The molecule has 17 nitrogen and oxygen atoms in total. The van der Waals surface area contributed by atoms with Gasteiger partial charge in [0.25, 0.3) is 11.4 Å². The number of nitrogens with two attached hydrogens (primary N) is 1. The zero-order valence-electron chi connectivity index (χ0n) is 36.5. The van der Waals surface area contributed by atoms with E-state index in [9.17, 15) is 24.6 Å². The number of pyridine rings is 1. The van der Waals surface area contributed by atoms with Crippen LogP contribution in [0.2, 0.25) is 0 Å². The quantitative estimate of drug-likeness (QED) is 0.0907. The molecule has 0 bridgehead atoms. The lowest BCUT2D eigenvalue weighted by Gasteiger charge is -2.29. The van der Waals surface area contributed by atoms with Crippen LogP contribution in [0.25, 0.3) is 32.8 Å². The van der Waals surface area contributed by atoms with Crippen LogP contribution in [0.5, 0.6) is 11.6 Å². The first-order chi connectivity index (χ1) is 31.2. The van der Waals surface area contributed by atoms with Gasteiger partial charge in [-0.1, -0.05) is 50.2 Å². The van der Waals surface area contributed by atoms with Crippen molar-refractivity contribution in [1.82, 2.24) is 44.9 Å². The molecule has 2 amide bonds. The molecule has 336 valence electrons. The molecule has 0 spiro atoms. The zero-order valence-corrected chi connectivity index (χ0v) is 37.3. The summed E-state index contributed by atoms with van der Waals surface area (Å²) in [5.74, 6) is -1.10. The number of nitrogens with one attached hydrogen (secondary N) is 1. The Bertz CT molecular complexity index is 2870. The molecule has 7 aromatic rings. The Morgan fingerprint density at radius 1 is 0.985 bits per heavy atom. The summed E-state index contributed by atoms with van der Waals surface area (Å²) in [7, 11) is 0. The van der Waals surface area contributed by atoms with Crippen molar-refractivity contribution in [1.29, 1.82) is 0 Å². The number of aliphatic hydroxyl groups excluding tert-OH is 1. The number of carbonyl (C=O) groups excluding carboxylic acids is 2. The molecule has 2 aromatic carbocycles. The lowest BCUT2D eigenvalue weighted by molar-refractivity contribution is -0.141. The number of anilines is 1. The van der Waals surface area contributed by atoms with Gasteiger partial charge in [-0.2, -0.15) is 5.10 Å². The Morgan fingerprint density at radius 2 is 1.75 bits per heavy atom. The number of aryl methyl sites for hydroxylation is 1. The molecule has 5 aromatic heterocycles. The molecule has 0 aliphatic carbocycles. The number of hydrogen-bond acceptors (Lipinski definition) is 14. The number of ether oxygens (including phenoxy) is 1.